The van der Waals surface area contributed by atoms with E-state index in [0.717, 1.165) is 5.92 Å². The molecule has 36 heavy (non-hydrogen) atoms. The molecule has 0 atom stereocenters. The van der Waals surface area contributed by atoms with Crippen LogP contribution in [0.25, 0.3) is 49.0 Å². The summed E-state index contributed by atoms with van der Waals surface area (Å²) in [5, 5.41) is 6.93. The Balaban J connectivity index is 1.73. The Bertz CT molecular complexity index is 1820. The van der Waals surface area contributed by atoms with Crippen LogP contribution in [0.2, 0.25) is 0 Å². The SMILES string of the molecule is Cc1cc2c3ccc(C(C)(C)C)cc3n3c4cc(CC5CCCC5)cc5cc[n+](C)c(c(c1C)c23)c54. The van der Waals surface area contributed by atoms with E-state index in [2.05, 4.69) is 99.3 Å². The van der Waals surface area contributed by atoms with Gasteiger partial charge in [0.05, 0.1) is 27.3 Å². The normalized spacial score (nSPS) is 15.6. The monoisotopic (exact) mass is 473 g/mol. The third-order valence-electron chi connectivity index (χ3n) is 9.19. The standard InChI is InChI=1S/C34H37N2/c1-20-15-27-26-12-11-25(34(3,4)5)19-28(26)36-29-18-23(16-22-9-7-8-10-22)17-24-13-14-35(6)33(31(24)29)30(21(20)2)32(27)36/h11-15,17-19,22H,7-10,16H2,1-6H3/q+1. The Kier molecular flexibility index (Phi) is 4.57. The Hall–Kier alpha value is -3.13. The molecule has 0 aliphatic heterocycles. The predicted molar refractivity (Wildman–Crippen MR) is 154 cm³/mol. The van der Waals surface area contributed by atoms with Crippen LogP contribution in [0.3, 0.4) is 0 Å². The second-order valence-electron chi connectivity index (χ2n) is 12.6. The van der Waals surface area contributed by atoms with E-state index < -0.39 is 0 Å². The molecule has 1 aliphatic carbocycles. The Morgan fingerprint density at radius 3 is 2.42 bits per heavy atom. The van der Waals surface area contributed by atoms with Crippen molar-refractivity contribution in [3.63, 3.8) is 0 Å². The van der Waals surface area contributed by atoms with Gasteiger partial charge in [-0.3, -0.25) is 0 Å². The average molecular weight is 474 g/mol. The minimum absolute atomic E-state index is 0.109. The molecule has 0 bridgehead atoms. The number of benzene rings is 3. The molecule has 0 radical (unpaired) electrons. The molecule has 0 unspecified atom stereocenters. The van der Waals surface area contributed by atoms with Gasteiger partial charge in [-0.25, -0.2) is 4.57 Å². The van der Waals surface area contributed by atoms with Crippen LogP contribution in [0.4, 0.5) is 0 Å². The Labute approximate surface area is 213 Å². The van der Waals surface area contributed by atoms with Gasteiger partial charge in [0.25, 0.3) is 0 Å². The van der Waals surface area contributed by atoms with Crippen molar-refractivity contribution in [3.8, 4) is 0 Å². The third-order valence-corrected chi connectivity index (χ3v) is 9.19. The average Bonchev–Trinajstić information content (AvgIpc) is 3.46. The van der Waals surface area contributed by atoms with Crippen LogP contribution < -0.4 is 4.57 Å². The number of hydrogen-bond donors (Lipinski definition) is 0. The molecule has 3 heterocycles. The van der Waals surface area contributed by atoms with Crippen molar-refractivity contribution in [3.05, 3.63) is 70.9 Å². The van der Waals surface area contributed by atoms with Crippen molar-refractivity contribution in [1.82, 2.24) is 4.40 Å². The second-order valence-corrected chi connectivity index (χ2v) is 12.6. The molecule has 2 heteroatoms. The van der Waals surface area contributed by atoms with E-state index in [1.165, 1.54) is 103 Å². The summed E-state index contributed by atoms with van der Waals surface area (Å²) >= 11 is 0. The number of aromatic nitrogens is 2. The number of rotatable bonds is 2. The maximum absolute atomic E-state index is 2.62. The van der Waals surface area contributed by atoms with Crippen molar-refractivity contribution in [2.75, 3.05) is 0 Å². The van der Waals surface area contributed by atoms with Crippen molar-refractivity contribution >= 4 is 49.0 Å². The van der Waals surface area contributed by atoms with Crippen molar-refractivity contribution in [2.24, 2.45) is 13.0 Å². The largest absolute Gasteiger partial charge is 0.307 e. The van der Waals surface area contributed by atoms with Crippen LogP contribution >= 0.6 is 0 Å². The molecule has 2 nitrogen and oxygen atoms in total. The summed E-state index contributed by atoms with van der Waals surface area (Å²) in [7, 11) is 2.22. The zero-order chi connectivity index (χ0) is 24.9. The third kappa shape index (κ3) is 3.00. The molecule has 3 aromatic heterocycles. The number of hydrogen-bond acceptors (Lipinski definition) is 0. The summed E-state index contributed by atoms with van der Waals surface area (Å²) in [6, 6.07) is 17.0. The van der Waals surface area contributed by atoms with Crippen LogP contribution in [-0.4, -0.2) is 4.40 Å². The Morgan fingerprint density at radius 2 is 1.67 bits per heavy atom. The molecule has 0 N–H and O–H groups in total. The van der Waals surface area contributed by atoms with Crippen molar-refractivity contribution < 1.29 is 4.57 Å². The highest BCUT2D eigenvalue weighted by molar-refractivity contribution is 6.26. The topological polar surface area (TPSA) is 8.29 Å². The quantitative estimate of drug-likeness (QED) is 0.135. The first-order valence-electron chi connectivity index (χ1n) is 13.8. The molecule has 0 spiro atoms. The highest BCUT2D eigenvalue weighted by Crippen LogP contribution is 2.43. The van der Waals surface area contributed by atoms with Gasteiger partial charge in [-0.05, 0) is 77.4 Å². The van der Waals surface area contributed by atoms with E-state index >= 15 is 0 Å². The first-order chi connectivity index (χ1) is 17.2. The van der Waals surface area contributed by atoms with E-state index in [9.17, 15) is 0 Å². The van der Waals surface area contributed by atoms with Crippen LogP contribution in [0.15, 0.2) is 48.7 Å². The summed E-state index contributed by atoms with van der Waals surface area (Å²) < 4.78 is 4.97. The van der Waals surface area contributed by atoms with Crippen LogP contribution in [0.1, 0.15) is 68.7 Å². The second kappa shape index (κ2) is 7.44. The fourth-order valence-electron chi connectivity index (χ4n) is 7.10. The van der Waals surface area contributed by atoms with E-state index in [4.69, 9.17) is 0 Å². The van der Waals surface area contributed by atoms with Gasteiger partial charge in [-0.2, -0.15) is 0 Å². The highest BCUT2D eigenvalue weighted by atomic mass is 15.0. The van der Waals surface area contributed by atoms with Gasteiger partial charge < -0.3 is 4.40 Å². The van der Waals surface area contributed by atoms with Crippen LogP contribution in [-0.2, 0) is 18.9 Å². The van der Waals surface area contributed by atoms with Gasteiger partial charge in [0.1, 0.15) is 7.05 Å². The first kappa shape index (κ1) is 22.1. The molecule has 182 valence electrons. The van der Waals surface area contributed by atoms with Gasteiger partial charge in [0.2, 0.25) is 5.52 Å². The van der Waals surface area contributed by atoms with Gasteiger partial charge >= 0.3 is 0 Å². The first-order valence-corrected chi connectivity index (χ1v) is 13.8. The van der Waals surface area contributed by atoms with Gasteiger partial charge in [-0.15, -0.1) is 0 Å². The lowest BCUT2D eigenvalue weighted by molar-refractivity contribution is -0.643. The van der Waals surface area contributed by atoms with Gasteiger partial charge in [-0.1, -0.05) is 64.7 Å². The van der Waals surface area contributed by atoms with E-state index in [-0.39, 0.29) is 5.41 Å². The lowest BCUT2D eigenvalue weighted by Crippen LogP contribution is -2.29. The number of fused-ring (bicyclic) bond motifs is 5. The lowest BCUT2D eigenvalue weighted by atomic mass is 9.86. The number of aryl methyl sites for hydroxylation is 3. The van der Waals surface area contributed by atoms with Crippen molar-refractivity contribution in [2.45, 2.75) is 72.1 Å². The minimum atomic E-state index is 0.109. The summed E-state index contributed by atoms with van der Waals surface area (Å²) in [5.74, 6) is 0.837. The van der Waals surface area contributed by atoms with Crippen molar-refractivity contribution in [1.29, 1.82) is 0 Å². The fourth-order valence-corrected chi connectivity index (χ4v) is 7.10. The van der Waals surface area contributed by atoms with E-state index in [1.807, 2.05) is 0 Å². The van der Waals surface area contributed by atoms with Gasteiger partial charge in [0.15, 0.2) is 6.20 Å². The lowest BCUT2D eigenvalue weighted by Gasteiger charge is -2.19. The van der Waals surface area contributed by atoms with Gasteiger partial charge in [0, 0.05) is 16.8 Å². The highest BCUT2D eigenvalue weighted by Gasteiger charge is 2.26. The minimum Gasteiger partial charge on any atom is -0.307 e. The molecular weight excluding hydrogens is 436 g/mol. The fraction of sp³-hybridized carbons (Fsp3) is 0.382. The molecule has 6 aromatic rings. The molecule has 1 saturated carbocycles. The van der Waals surface area contributed by atoms with Crippen LogP contribution in [0.5, 0.6) is 0 Å². The molecule has 3 aromatic carbocycles. The summed E-state index contributed by atoms with van der Waals surface area (Å²) in [6.45, 7) is 11.6. The molecular formula is C34H37N2+. The predicted octanol–water partition coefficient (Wildman–Crippen LogP) is 8.46. The zero-order valence-electron chi connectivity index (χ0n) is 22.6. The molecule has 0 amide bonds. The number of pyridine rings is 2. The zero-order valence-corrected chi connectivity index (χ0v) is 22.6. The molecule has 0 saturated heterocycles. The summed E-state index contributed by atoms with van der Waals surface area (Å²) in [5.41, 5.74) is 11.2. The maximum atomic E-state index is 2.62. The molecule has 1 fully saturated rings. The molecule has 7 rings (SSSR count). The smallest absolute Gasteiger partial charge is 0.224 e. The summed E-state index contributed by atoms with van der Waals surface area (Å²) in [6.07, 6.45) is 9.04. The Morgan fingerprint density at radius 1 is 0.889 bits per heavy atom. The van der Waals surface area contributed by atoms with E-state index in [1.54, 1.807) is 0 Å². The molecule has 1 aliphatic rings. The van der Waals surface area contributed by atoms with E-state index in [0.29, 0.717) is 0 Å². The maximum Gasteiger partial charge on any atom is 0.224 e. The van der Waals surface area contributed by atoms with Crippen LogP contribution in [0, 0.1) is 19.8 Å². The number of nitrogens with zero attached hydrogens (tertiary/aromatic N) is 2. The summed E-state index contributed by atoms with van der Waals surface area (Å²) in [4.78, 5) is 0.